The van der Waals surface area contributed by atoms with E-state index in [1.54, 1.807) is 12.1 Å². The summed E-state index contributed by atoms with van der Waals surface area (Å²) in [6.07, 6.45) is 1.01. The number of nitrogens with zero attached hydrogens (tertiary/aromatic N) is 1. The summed E-state index contributed by atoms with van der Waals surface area (Å²) in [5.74, 6) is -0.477. The highest BCUT2D eigenvalue weighted by molar-refractivity contribution is 7.92. The van der Waals surface area contributed by atoms with Gasteiger partial charge in [0.05, 0.1) is 17.0 Å². The van der Waals surface area contributed by atoms with Crippen LogP contribution in [0.1, 0.15) is 5.56 Å². The molecule has 0 aliphatic carbocycles. The number of anilines is 2. The highest BCUT2D eigenvalue weighted by atomic mass is 35.5. The van der Waals surface area contributed by atoms with E-state index in [4.69, 9.17) is 23.2 Å². The van der Waals surface area contributed by atoms with Crippen LogP contribution in [0.2, 0.25) is 10.0 Å². The number of sulfonamides is 1. The Morgan fingerprint density at radius 3 is 2.29 bits per heavy atom. The molecule has 0 heterocycles. The third kappa shape index (κ3) is 4.87. The fraction of sp³-hybridized carbons (Fsp3) is 0.188. The maximum absolute atomic E-state index is 12.2. The molecule has 2 rings (SSSR count). The van der Waals surface area contributed by atoms with Crippen LogP contribution in [-0.4, -0.2) is 27.1 Å². The van der Waals surface area contributed by atoms with Crippen LogP contribution in [0.3, 0.4) is 0 Å². The van der Waals surface area contributed by atoms with Crippen molar-refractivity contribution in [2.45, 2.75) is 6.92 Å². The van der Waals surface area contributed by atoms with E-state index in [0.717, 1.165) is 16.1 Å². The molecule has 0 spiro atoms. The Hall–Kier alpha value is -1.76. The molecule has 0 saturated heterocycles. The fourth-order valence-electron chi connectivity index (χ4n) is 2.03. The van der Waals surface area contributed by atoms with Crippen molar-refractivity contribution in [3.8, 4) is 0 Å². The lowest BCUT2D eigenvalue weighted by Crippen LogP contribution is -2.37. The number of carbonyl (C=O) groups excluding carboxylic acids is 1. The predicted octanol–water partition coefficient (Wildman–Crippen LogP) is 3.71. The Bertz CT molecular complexity index is 852. The van der Waals surface area contributed by atoms with Crippen LogP contribution in [-0.2, 0) is 14.8 Å². The van der Waals surface area contributed by atoms with Crippen molar-refractivity contribution < 1.29 is 13.2 Å². The third-order valence-corrected chi connectivity index (χ3v) is 4.87. The SMILES string of the molecule is Cc1ccc(NC(=O)CN(c2ccc(Cl)cc2Cl)S(C)(=O)=O)cc1. The van der Waals surface area contributed by atoms with Crippen LogP contribution < -0.4 is 9.62 Å². The van der Waals surface area contributed by atoms with Gasteiger partial charge in [-0.15, -0.1) is 0 Å². The number of aryl methyl sites for hydroxylation is 1. The molecule has 1 N–H and O–H groups in total. The van der Waals surface area contributed by atoms with Gasteiger partial charge < -0.3 is 5.32 Å². The van der Waals surface area contributed by atoms with Crippen LogP contribution in [0, 0.1) is 6.92 Å². The van der Waals surface area contributed by atoms with Gasteiger partial charge >= 0.3 is 0 Å². The fourth-order valence-corrected chi connectivity index (χ4v) is 3.46. The van der Waals surface area contributed by atoms with E-state index < -0.39 is 22.5 Å². The highest BCUT2D eigenvalue weighted by Gasteiger charge is 2.23. The first kappa shape index (κ1) is 18.6. The first-order chi connectivity index (χ1) is 11.2. The van der Waals surface area contributed by atoms with Crippen molar-refractivity contribution in [3.63, 3.8) is 0 Å². The molecule has 0 saturated carbocycles. The minimum absolute atomic E-state index is 0.149. The van der Waals surface area contributed by atoms with Gasteiger partial charge in [0.15, 0.2) is 0 Å². The zero-order valence-corrected chi connectivity index (χ0v) is 15.4. The number of rotatable bonds is 5. The maximum Gasteiger partial charge on any atom is 0.245 e. The largest absolute Gasteiger partial charge is 0.325 e. The summed E-state index contributed by atoms with van der Waals surface area (Å²) in [6.45, 7) is 1.54. The second-order valence-corrected chi connectivity index (χ2v) is 8.03. The van der Waals surface area contributed by atoms with Gasteiger partial charge in [0.25, 0.3) is 0 Å². The molecule has 0 bridgehead atoms. The second kappa shape index (κ2) is 7.42. The van der Waals surface area contributed by atoms with Crippen molar-refractivity contribution in [1.29, 1.82) is 0 Å². The minimum atomic E-state index is -3.70. The zero-order valence-electron chi connectivity index (χ0n) is 13.1. The molecule has 5 nitrogen and oxygen atoms in total. The summed E-state index contributed by atoms with van der Waals surface area (Å²) in [7, 11) is -3.70. The molecule has 128 valence electrons. The average molecular weight is 387 g/mol. The minimum Gasteiger partial charge on any atom is -0.325 e. The standard InChI is InChI=1S/C16H16Cl2N2O3S/c1-11-3-6-13(7-4-11)19-16(21)10-20(24(2,22)23)15-8-5-12(17)9-14(15)18/h3-9H,10H2,1-2H3,(H,19,21). The molecule has 0 aliphatic rings. The van der Waals surface area contributed by atoms with Crippen molar-refractivity contribution >= 4 is 50.5 Å². The quantitative estimate of drug-likeness (QED) is 0.851. The normalized spacial score (nSPS) is 11.2. The molecule has 2 aromatic rings. The van der Waals surface area contributed by atoms with Gasteiger partial charge in [0, 0.05) is 10.7 Å². The van der Waals surface area contributed by atoms with E-state index in [2.05, 4.69) is 5.32 Å². The lowest BCUT2D eigenvalue weighted by Gasteiger charge is -2.23. The number of nitrogens with one attached hydrogen (secondary N) is 1. The van der Waals surface area contributed by atoms with Gasteiger partial charge in [0.1, 0.15) is 6.54 Å². The summed E-state index contributed by atoms with van der Waals surface area (Å²) in [4.78, 5) is 12.2. The molecule has 24 heavy (non-hydrogen) atoms. The first-order valence-corrected chi connectivity index (χ1v) is 9.56. The zero-order chi connectivity index (χ0) is 17.9. The molecule has 8 heteroatoms. The smallest absolute Gasteiger partial charge is 0.245 e. The second-order valence-electron chi connectivity index (χ2n) is 5.28. The van der Waals surface area contributed by atoms with Crippen molar-refractivity contribution in [1.82, 2.24) is 0 Å². The number of hydrogen-bond donors (Lipinski definition) is 1. The number of carbonyl (C=O) groups is 1. The molecule has 0 atom stereocenters. The van der Waals surface area contributed by atoms with Crippen molar-refractivity contribution in [2.24, 2.45) is 0 Å². The summed E-state index contributed by atoms with van der Waals surface area (Å²) < 4.78 is 25.1. The number of amides is 1. The van der Waals surface area contributed by atoms with Crippen LogP contribution in [0.15, 0.2) is 42.5 Å². The van der Waals surface area contributed by atoms with Gasteiger partial charge in [0.2, 0.25) is 15.9 Å². The van der Waals surface area contributed by atoms with E-state index in [0.29, 0.717) is 10.7 Å². The lowest BCUT2D eigenvalue weighted by molar-refractivity contribution is -0.114. The van der Waals surface area contributed by atoms with Gasteiger partial charge in [-0.3, -0.25) is 9.10 Å². The van der Waals surface area contributed by atoms with Crippen LogP contribution in [0.25, 0.3) is 0 Å². The van der Waals surface area contributed by atoms with E-state index >= 15 is 0 Å². The average Bonchev–Trinajstić information content (AvgIpc) is 2.47. The Kier molecular flexibility index (Phi) is 5.74. The molecule has 1 amide bonds. The molecule has 0 aliphatic heterocycles. The molecule has 2 aromatic carbocycles. The Morgan fingerprint density at radius 1 is 1.12 bits per heavy atom. The topological polar surface area (TPSA) is 66.5 Å². The first-order valence-electron chi connectivity index (χ1n) is 6.96. The summed E-state index contributed by atoms with van der Waals surface area (Å²) in [6, 6.07) is 11.6. The number of benzene rings is 2. The highest BCUT2D eigenvalue weighted by Crippen LogP contribution is 2.30. The molecule has 0 unspecified atom stereocenters. The number of hydrogen-bond acceptors (Lipinski definition) is 3. The lowest BCUT2D eigenvalue weighted by atomic mass is 10.2. The van der Waals surface area contributed by atoms with Crippen molar-refractivity contribution in [3.05, 3.63) is 58.1 Å². The summed E-state index contributed by atoms with van der Waals surface area (Å²) in [5, 5.41) is 3.18. The Morgan fingerprint density at radius 2 is 1.75 bits per heavy atom. The van der Waals surface area contributed by atoms with Gasteiger partial charge in [-0.2, -0.15) is 0 Å². The Labute approximate surface area is 151 Å². The summed E-state index contributed by atoms with van der Waals surface area (Å²) >= 11 is 11.9. The van der Waals surface area contributed by atoms with E-state index in [1.165, 1.54) is 18.2 Å². The van der Waals surface area contributed by atoms with E-state index in [-0.39, 0.29) is 10.7 Å². The van der Waals surface area contributed by atoms with Crippen LogP contribution in [0.5, 0.6) is 0 Å². The summed E-state index contributed by atoms with van der Waals surface area (Å²) in [5.41, 5.74) is 1.84. The molecule has 0 aromatic heterocycles. The monoisotopic (exact) mass is 386 g/mol. The van der Waals surface area contributed by atoms with Crippen molar-refractivity contribution in [2.75, 3.05) is 22.4 Å². The van der Waals surface area contributed by atoms with E-state index in [1.807, 2.05) is 19.1 Å². The van der Waals surface area contributed by atoms with E-state index in [9.17, 15) is 13.2 Å². The maximum atomic E-state index is 12.2. The van der Waals surface area contributed by atoms with Crippen LogP contribution in [0.4, 0.5) is 11.4 Å². The third-order valence-electron chi connectivity index (χ3n) is 3.20. The Balaban J connectivity index is 2.23. The molecular weight excluding hydrogens is 371 g/mol. The van der Waals surface area contributed by atoms with Gasteiger partial charge in [-0.25, -0.2) is 8.42 Å². The van der Waals surface area contributed by atoms with Gasteiger partial charge in [-0.05, 0) is 37.3 Å². The molecular formula is C16H16Cl2N2O3S. The van der Waals surface area contributed by atoms with Crippen LogP contribution >= 0.6 is 23.2 Å². The molecule has 0 fully saturated rings. The molecule has 0 radical (unpaired) electrons. The van der Waals surface area contributed by atoms with Gasteiger partial charge in [-0.1, -0.05) is 40.9 Å². The number of halogens is 2. The predicted molar refractivity (Wildman–Crippen MR) is 98.5 cm³/mol.